The number of hydrogen-bond acceptors (Lipinski definition) is 6. The van der Waals surface area contributed by atoms with Gasteiger partial charge < -0.3 is 10.3 Å². The van der Waals surface area contributed by atoms with Crippen LogP contribution in [0.25, 0.3) is 10.8 Å². The Morgan fingerprint density at radius 1 is 1.39 bits per heavy atom. The third-order valence-corrected chi connectivity index (χ3v) is 4.22. The van der Waals surface area contributed by atoms with E-state index in [9.17, 15) is 0 Å². The molecule has 0 spiro atoms. The van der Waals surface area contributed by atoms with Gasteiger partial charge in [0.05, 0.1) is 16.7 Å². The molecule has 5 nitrogen and oxygen atoms in total. The van der Waals surface area contributed by atoms with Crippen LogP contribution in [-0.2, 0) is 5.54 Å². The Bertz CT molecular complexity index is 533. The second-order valence-electron chi connectivity index (χ2n) is 4.55. The summed E-state index contributed by atoms with van der Waals surface area (Å²) in [6, 6.07) is 0. The molecule has 7 heteroatoms. The van der Waals surface area contributed by atoms with Gasteiger partial charge in [0.15, 0.2) is 5.82 Å². The Balaban J connectivity index is 0.00000120. The average molecular weight is 287 g/mol. The van der Waals surface area contributed by atoms with Crippen molar-refractivity contribution in [2.24, 2.45) is 5.73 Å². The molecule has 0 aromatic carbocycles. The fraction of sp³-hybridized carbons (Fsp3) is 0.545. The molecular weight excluding hydrogens is 272 g/mol. The summed E-state index contributed by atoms with van der Waals surface area (Å²) >= 11 is 1.51. The third kappa shape index (κ3) is 2.15. The van der Waals surface area contributed by atoms with Crippen molar-refractivity contribution in [2.75, 3.05) is 0 Å². The maximum atomic E-state index is 6.29. The average Bonchev–Trinajstić information content (AvgIpc) is 2.97. The first-order chi connectivity index (χ1) is 8.19. The van der Waals surface area contributed by atoms with Gasteiger partial charge in [-0.2, -0.15) is 4.98 Å². The minimum Gasteiger partial charge on any atom is -0.333 e. The van der Waals surface area contributed by atoms with Crippen molar-refractivity contribution in [3.8, 4) is 10.8 Å². The second-order valence-corrected chi connectivity index (χ2v) is 5.41. The molecule has 0 amide bonds. The summed E-state index contributed by atoms with van der Waals surface area (Å²) in [7, 11) is 0. The second kappa shape index (κ2) is 4.95. The topological polar surface area (TPSA) is 77.8 Å². The van der Waals surface area contributed by atoms with Crippen molar-refractivity contribution in [1.29, 1.82) is 0 Å². The molecule has 0 unspecified atom stereocenters. The molecule has 98 valence electrons. The van der Waals surface area contributed by atoms with E-state index in [0.717, 1.165) is 36.3 Å². The molecule has 2 aromatic rings. The highest BCUT2D eigenvalue weighted by Gasteiger charge is 2.36. The first-order valence-electron chi connectivity index (χ1n) is 5.72. The molecule has 0 saturated heterocycles. The number of aromatic nitrogens is 3. The Hall–Kier alpha value is -0.980. The van der Waals surface area contributed by atoms with E-state index in [1.54, 1.807) is 5.51 Å². The molecule has 3 rings (SSSR count). The predicted molar refractivity (Wildman–Crippen MR) is 71.7 cm³/mol. The summed E-state index contributed by atoms with van der Waals surface area (Å²) in [5, 5.41) is 4.03. The summed E-state index contributed by atoms with van der Waals surface area (Å²) < 4.78 is 5.30. The van der Waals surface area contributed by atoms with Crippen LogP contribution in [0.1, 0.15) is 37.2 Å². The smallest absolute Gasteiger partial charge is 0.269 e. The molecule has 18 heavy (non-hydrogen) atoms. The van der Waals surface area contributed by atoms with Crippen LogP contribution >= 0.6 is 23.7 Å². The van der Waals surface area contributed by atoms with E-state index in [2.05, 4.69) is 15.1 Å². The van der Waals surface area contributed by atoms with Gasteiger partial charge in [-0.1, -0.05) is 18.0 Å². The van der Waals surface area contributed by atoms with Crippen LogP contribution in [0.3, 0.4) is 0 Å². The first kappa shape index (κ1) is 13.5. The molecule has 0 aliphatic heterocycles. The van der Waals surface area contributed by atoms with E-state index in [1.807, 2.05) is 6.92 Å². The molecule has 2 aromatic heterocycles. The lowest BCUT2D eigenvalue weighted by molar-refractivity contribution is 0.373. The lowest BCUT2D eigenvalue weighted by Gasteiger charge is -2.17. The van der Waals surface area contributed by atoms with Crippen LogP contribution in [0.5, 0.6) is 0 Å². The van der Waals surface area contributed by atoms with Crippen molar-refractivity contribution < 1.29 is 4.52 Å². The van der Waals surface area contributed by atoms with Gasteiger partial charge in [0, 0.05) is 0 Å². The van der Waals surface area contributed by atoms with Crippen LogP contribution in [0.4, 0.5) is 0 Å². The zero-order valence-corrected chi connectivity index (χ0v) is 11.7. The lowest BCUT2D eigenvalue weighted by atomic mass is 9.99. The number of aryl methyl sites for hydroxylation is 1. The van der Waals surface area contributed by atoms with E-state index >= 15 is 0 Å². The van der Waals surface area contributed by atoms with Gasteiger partial charge in [0.25, 0.3) is 5.89 Å². The van der Waals surface area contributed by atoms with Crippen LogP contribution in [0, 0.1) is 6.92 Å². The maximum Gasteiger partial charge on any atom is 0.269 e. The zero-order chi connectivity index (χ0) is 11.9. The highest BCUT2D eigenvalue weighted by Crippen LogP contribution is 2.36. The quantitative estimate of drug-likeness (QED) is 0.918. The fourth-order valence-corrected chi connectivity index (χ4v) is 2.98. The van der Waals surface area contributed by atoms with E-state index in [4.69, 9.17) is 10.3 Å². The van der Waals surface area contributed by atoms with E-state index in [1.165, 1.54) is 11.3 Å². The normalized spacial score (nSPS) is 17.7. The van der Waals surface area contributed by atoms with Crippen LogP contribution in [-0.4, -0.2) is 15.1 Å². The van der Waals surface area contributed by atoms with Gasteiger partial charge in [0.1, 0.15) is 4.88 Å². The molecule has 0 atom stereocenters. The molecule has 1 aliphatic rings. The molecule has 1 aliphatic carbocycles. The molecule has 2 N–H and O–H groups in total. The third-order valence-electron chi connectivity index (χ3n) is 3.31. The van der Waals surface area contributed by atoms with Crippen LogP contribution in [0.15, 0.2) is 10.0 Å². The van der Waals surface area contributed by atoms with Crippen molar-refractivity contribution >= 4 is 23.7 Å². The van der Waals surface area contributed by atoms with Crippen molar-refractivity contribution in [3.05, 3.63) is 17.0 Å². The van der Waals surface area contributed by atoms with E-state index < -0.39 is 0 Å². The first-order valence-corrected chi connectivity index (χ1v) is 6.60. The van der Waals surface area contributed by atoms with Gasteiger partial charge in [-0.3, -0.25) is 0 Å². The van der Waals surface area contributed by atoms with Gasteiger partial charge in [-0.25, -0.2) is 4.98 Å². The van der Waals surface area contributed by atoms with Crippen LogP contribution in [0.2, 0.25) is 0 Å². The number of nitrogens with two attached hydrogens (primary N) is 1. The summed E-state index contributed by atoms with van der Waals surface area (Å²) in [4.78, 5) is 9.55. The van der Waals surface area contributed by atoms with Gasteiger partial charge >= 0.3 is 0 Å². The van der Waals surface area contributed by atoms with E-state index in [0.29, 0.717) is 11.7 Å². The van der Waals surface area contributed by atoms with Crippen molar-refractivity contribution in [1.82, 2.24) is 15.1 Å². The highest BCUT2D eigenvalue weighted by atomic mass is 35.5. The summed E-state index contributed by atoms with van der Waals surface area (Å²) in [5.74, 6) is 1.18. The minimum absolute atomic E-state index is 0. The molecular formula is C11H15ClN4OS. The maximum absolute atomic E-state index is 6.29. The SMILES string of the molecule is Cc1ncsc1-c1nc(C2(N)CCCC2)no1.Cl. The monoisotopic (exact) mass is 286 g/mol. The van der Waals surface area contributed by atoms with Crippen LogP contribution < -0.4 is 5.73 Å². The standard InChI is InChI=1S/C11H14N4OS.ClH/c1-7-8(17-6-13-7)9-14-10(15-16-9)11(12)4-2-3-5-11;/h6H,2-5,12H2,1H3;1H. The van der Waals surface area contributed by atoms with Gasteiger partial charge in [0.2, 0.25) is 0 Å². The molecule has 0 bridgehead atoms. The highest BCUT2D eigenvalue weighted by molar-refractivity contribution is 7.13. The Morgan fingerprint density at radius 3 is 2.72 bits per heavy atom. The van der Waals surface area contributed by atoms with Crippen molar-refractivity contribution in [2.45, 2.75) is 38.1 Å². The molecule has 1 saturated carbocycles. The zero-order valence-electron chi connectivity index (χ0n) is 10.0. The van der Waals surface area contributed by atoms with Crippen molar-refractivity contribution in [3.63, 3.8) is 0 Å². The molecule has 0 radical (unpaired) electrons. The molecule has 2 heterocycles. The minimum atomic E-state index is -0.389. The number of hydrogen-bond donors (Lipinski definition) is 1. The number of nitrogens with zero attached hydrogens (tertiary/aromatic N) is 3. The predicted octanol–water partition coefficient (Wildman–Crippen LogP) is 2.65. The molecule has 1 fully saturated rings. The summed E-state index contributed by atoms with van der Waals surface area (Å²) in [6.07, 6.45) is 4.15. The fourth-order valence-electron chi connectivity index (χ4n) is 2.25. The Morgan fingerprint density at radius 2 is 2.11 bits per heavy atom. The lowest BCUT2D eigenvalue weighted by Crippen LogP contribution is -2.34. The van der Waals surface area contributed by atoms with Gasteiger partial charge in [-0.15, -0.1) is 23.7 Å². The Kier molecular flexibility index (Phi) is 3.70. The summed E-state index contributed by atoms with van der Waals surface area (Å²) in [6.45, 7) is 1.93. The summed E-state index contributed by atoms with van der Waals surface area (Å²) in [5.41, 5.74) is 8.60. The van der Waals surface area contributed by atoms with E-state index in [-0.39, 0.29) is 17.9 Å². The van der Waals surface area contributed by atoms with Gasteiger partial charge in [-0.05, 0) is 19.8 Å². The Labute approximate surface area is 115 Å². The number of rotatable bonds is 2. The largest absolute Gasteiger partial charge is 0.333 e. The number of halogens is 1. The number of thiazole rings is 1.